The molecule has 0 aromatic heterocycles. The summed E-state index contributed by atoms with van der Waals surface area (Å²) in [7, 11) is 0. The normalized spacial score (nSPS) is 28.6. The third-order valence-corrected chi connectivity index (χ3v) is 1.41. The first-order valence-corrected chi connectivity index (χ1v) is 3.17. The van der Waals surface area contributed by atoms with Crippen LogP contribution in [0.5, 0.6) is 0 Å². The minimum atomic E-state index is -2.19. The maximum absolute atomic E-state index is 10.6. The molecular formula is C6H5O7-. The molecule has 0 aromatic carbocycles. The third kappa shape index (κ3) is 1.70. The molecule has 1 aliphatic rings. The molecule has 72 valence electrons. The minimum Gasteiger partial charge on any atom is -0.629 e. The van der Waals surface area contributed by atoms with Crippen molar-refractivity contribution < 1.29 is 34.7 Å². The molecular weight excluding hydrogens is 184 g/mol. The van der Waals surface area contributed by atoms with Crippen LogP contribution in [0.4, 0.5) is 0 Å². The average molecular weight is 189 g/mol. The fourth-order valence-corrected chi connectivity index (χ4v) is 0.842. The van der Waals surface area contributed by atoms with Crippen molar-refractivity contribution >= 4 is 11.9 Å². The number of carbonyl (C=O) groups is 2. The lowest BCUT2D eigenvalue weighted by Gasteiger charge is -2.15. The molecule has 2 N–H and O–H groups in total. The fourth-order valence-electron chi connectivity index (χ4n) is 0.842. The van der Waals surface area contributed by atoms with E-state index in [1.54, 1.807) is 0 Å². The van der Waals surface area contributed by atoms with Crippen molar-refractivity contribution in [2.45, 2.75) is 12.0 Å². The Labute approximate surface area is 71.7 Å². The summed E-state index contributed by atoms with van der Waals surface area (Å²) < 4.78 is 0. The summed E-state index contributed by atoms with van der Waals surface area (Å²) in [5.41, 5.74) is -2.19. The molecule has 0 aromatic rings. The van der Waals surface area contributed by atoms with Gasteiger partial charge in [-0.3, -0.25) is 4.89 Å². The van der Waals surface area contributed by atoms with Gasteiger partial charge in [0, 0.05) is 5.95 Å². The largest absolute Gasteiger partial charge is 0.629 e. The van der Waals surface area contributed by atoms with E-state index in [1.165, 1.54) is 0 Å². The highest BCUT2D eigenvalue weighted by Gasteiger charge is 2.48. The van der Waals surface area contributed by atoms with Crippen LogP contribution in [-0.2, 0) is 19.4 Å². The number of carbonyl (C=O) groups excluding carboxylic acids is 1. The van der Waals surface area contributed by atoms with Gasteiger partial charge in [0.15, 0.2) is 0 Å². The maximum Gasteiger partial charge on any atom is 0.346 e. The summed E-state index contributed by atoms with van der Waals surface area (Å²) in [6, 6.07) is 0. The van der Waals surface area contributed by atoms with E-state index < -0.39 is 29.9 Å². The third-order valence-electron chi connectivity index (χ3n) is 1.41. The van der Waals surface area contributed by atoms with Gasteiger partial charge in [0.25, 0.3) is 0 Å². The van der Waals surface area contributed by atoms with Crippen LogP contribution in [0.1, 0.15) is 6.42 Å². The molecule has 1 saturated heterocycles. The number of aliphatic hydroxyl groups is 1. The van der Waals surface area contributed by atoms with Crippen molar-refractivity contribution in [2.24, 2.45) is 0 Å². The molecule has 1 rings (SSSR count). The molecule has 1 atom stereocenters. The fraction of sp³-hybridized carbons (Fsp3) is 0.333. The lowest BCUT2D eigenvalue weighted by atomic mass is 10.0. The van der Waals surface area contributed by atoms with E-state index >= 15 is 0 Å². The van der Waals surface area contributed by atoms with Crippen LogP contribution in [0.25, 0.3) is 0 Å². The van der Waals surface area contributed by atoms with Gasteiger partial charge in [0.1, 0.15) is 0 Å². The molecule has 7 nitrogen and oxygen atoms in total. The van der Waals surface area contributed by atoms with E-state index in [1.807, 2.05) is 0 Å². The summed E-state index contributed by atoms with van der Waals surface area (Å²) in [6.45, 7) is 0. The standard InChI is InChI=1S/C6H6O7/c7-3(8)1-6(5(10)11)2-4(9)12-13-6/h1,7-8H,2H2,(H,10,11)/p-1/t6-/m0/s1. The molecule has 1 aliphatic heterocycles. The van der Waals surface area contributed by atoms with Crippen LogP contribution < -0.4 is 5.11 Å². The SMILES string of the molecule is O=C1C[C@@](/C=C(/[O-])O)(C(=O)O)OO1. The Kier molecular flexibility index (Phi) is 2.11. The van der Waals surface area contributed by atoms with Crippen LogP contribution in [0.15, 0.2) is 12.0 Å². The second kappa shape index (κ2) is 2.94. The van der Waals surface area contributed by atoms with Crippen molar-refractivity contribution in [3.8, 4) is 0 Å². The molecule has 0 saturated carbocycles. The van der Waals surface area contributed by atoms with E-state index in [2.05, 4.69) is 9.78 Å². The predicted molar refractivity (Wildman–Crippen MR) is 32.9 cm³/mol. The van der Waals surface area contributed by atoms with Crippen molar-refractivity contribution in [1.82, 2.24) is 0 Å². The first-order chi connectivity index (χ1) is 5.96. The zero-order valence-electron chi connectivity index (χ0n) is 6.22. The number of carboxylic acid groups (broad SMARTS) is 1. The van der Waals surface area contributed by atoms with Gasteiger partial charge in [0.2, 0.25) is 5.60 Å². The number of hydrogen-bond acceptors (Lipinski definition) is 6. The Balaban J connectivity index is 2.96. The number of hydrogen-bond donors (Lipinski definition) is 2. The lowest BCUT2D eigenvalue weighted by Crippen LogP contribution is -2.37. The highest BCUT2D eigenvalue weighted by atomic mass is 17.2. The molecule has 0 aliphatic carbocycles. The Morgan fingerprint density at radius 2 is 2.23 bits per heavy atom. The quantitative estimate of drug-likeness (QED) is 0.398. The zero-order valence-corrected chi connectivity index (χ0v) is 6.22. The molecule has 7 heteroatoms. The highest BCUT2D eigenvalue weighted by Crippen LogP contribution is 2.26. The first kappa shape index (κ1) is 9.33. The van der Waals surface area contributed by atoms with E-state index in [0.29, 0.717) is 6.08 Å². The molecule has 0 radical (unpaired) electrons. The van der Waals surface area contributed by atoms with Crippen LogP contribution in [0, 0.1) is 0 Å². The molecule has 1 fully saturated rings. The average Bonchev–Trinajstić information content (AvgIpc) is 2.31. The summed E-state index contributed by atoms with van der Waals surface area (Å²) >= 11 is 0. The summed E-state index contributed by atoms with van der Waals surface area (Å²) in [5, 5.41) is 27.1. The number of rotatable bonds is 2. The Morgan fingerprint density at radius 3 is 2.54 bits per heavy atom. The van der Waals surface area contributed by atoms with Gasteiger partial charge in [-0.25, -0.2) is 9.59 Å². The van der Waals surface area contributed by atoms with E-state index in [4.69, 9.17) is 10.2 Å². The summed E-state index contributed by atoms with van der Waals surface area (Å²) in [6.07, 6.45) is -0.283. The highest BCUT2D eigenvalue weighted by molar-refractivity contribution is 5.88. The first-order valence-electron chi connectivity index (χ1n) is 3.17. The number of aliphatic carboxylic acids is 1. The van der Waals surface area contributed by atoms with Crippen LogP contribution >= 0.6 is 0 Å². The Morgan fingerprint density at radius 1 is 1.62 bits per heavy atom. The van der Waals surface area contributed by atoms with Gasteiger partial charge < -0.3 is 15.3 Å². The van der Waals surface area contributed by atoms with Crippen molar-refractivity contribution in [2.75, 3.05) is 0 Å². The van der Waals surface area contributed by atoms with Gasteiger partial charge in [0.05, 0.1) is 6.42 Å². The Bertz CT molecular complexity index is 277. The van der Waals surface area contributed by atoms with Gasteiger partial charge in [-0.2, -0.15) is 4.89 Å². The predicted octanol–water partition coefficient (Wildman–Crippen LogP) is -1.55. The molecule has 0 amide bonds. The molecule has 0 bridgehead atoms. The monoisotopic (exact) mass is 189 g/mol. The number of carboxylic acids is 1. The van der Waals surface area contributed by atoms with Gasteiger partial charge in [-0.15, -0.1) is 0 Å². The maximum atomic E-state index is 10.6. The van der Waals surface area contributed by atoms with Crippen molar-refractivity contribution in [3.05, 3.63) is 12.0 Å². The van der Waals surface area contributed by atoms with Crippen molar-refractivity contribution in [1.29, 1.82) is 0 Å². The van der Waals surface area contributed by atoms with Gasteiger partial charge >= 0.3 is 11.9 Å². The molecule has 0 spiro atoms. The minimum absolute atomic E-state index is 0.361. The Hall–Kier alpha value is -1.76. The second-order valence-corrected chi connectivity index (χ2v) is 2.39. The zero-order chi connectivity index (χ0) is 10.1. The van der Waals surface area contributed by atoms with Crippen molar-refractivity contribution in [3.63, 3.8) is 0 Å². The summed E-state index contributed by atoms with van der Waals surface area (Å²) in [5.74, 6) is -4.00. The van der Waals surface area contributed by atoms with Crippen LogP contribution in [0.3, 0.4) is 0 Å². The topological polar surface area (TPSA) is 116 Å². The van der Waals surface area contributed by atoms with Crippen LogP contribution in [0.2, 0.25) is 0 Å². The summed E-state index contributed by atoms with van der Waals surface area (Å²) in [4.78, 5) is 29.1. The van der Waals surface area contributed by atoms with Crippen LogP contribution in [-0.4, -0.2) is 27.8 Å². The lowest BCUT2D eigenvalue weighted by molar-refractivity contribution is -0.352. The number of aliphatic hydroxyl groups excluding tert-OH is 1. The second-order valence-electron chi connectivity index (χ2n) is 2.39. The van der Waals surface area contributed by atoms with E-state index in [-0.39, 0.29) is 0 Å². The smallest absolute Gasteiger partial charge is 0.346 e. The van der Waals surface area contributed by atoms with E-state index in [9.17, 15) is 14.7 Å². The van der Waals surface area contributed by atoms with Gasteiger partial charge in [-0.05, 0) is 6.08 Å². The van der Waals surface area contributed by atoms with Gasteiger partial charge in [-0.1, -0.05) is 0 Å². The molecule has 0 unspecified atom stereocenters. The molecule has 1 heterocycles. The molecule has 13 heavy (non-hydrogen) atoms. The van der Waals surface area contributed by atoms with E-state index in [0.717, 1.165) is 0 Å².